The molecule has 0 aliphatic carbocycles. The highest BCUT2D eigenvalue weighted by Crippen LogP contribution is 2.53. The number of benzene rings is 1. The Morgan fingerprint density at radius 1 is 1.14 bits per heavy atom. The van der Waals surface area contributed by atoms with E-state index in [-0.39, 0.29) is 44.5 Å². The van der Waals surface area contributed by atoms with Crippen molar-refractivity contribution < 1.29 is 37.8 Å². The van der Waals surface area contributed by atoms with Gasteiger partial charge < -0.3 is 34.8 Å². The van der Waals surface area contributed by atoms with Gasteiger partial charge in [-0.05, 0) is 44.6 Å². The van der Waals surface area contributed by atoms with Crippen molar-refractivity contribution in [1.29, 1.82) is 0 Å². The molecule has 4 N–H and O–H groups in total. The van der Waals surface area contributed by atoms with Crippen molar-refractivity contribution in [3.05, 3.63) is 35.9 Å². The van der Waals surface area contributed by atoms with Crippen LogP contribution in [0.3, 0.4) is 0 Å². The summed E-state index contributed by atoms with van der Waals surface area (Å²) in [6, 6.07) is 7.01. The molecular formula is C25H40N3O8P. The van der Waals surface area contributed by atoms with Crippen LogP contribution in [0.4, 0.5) is 4.79 Å². The van der Waals surface area contributed by atoms with Crippen LogP contribution in [0.5, 0.6) is 0 Å². The zero-order valence-corrected chi connectivity index (χ0v) is 22.9. The first-order valence-corrected chi connectivity index (χ1v) is 14.3. The molecule has 1 heterocycles. The Morgan fingerprint density at radius 2 is 1.78 bits per heavy atom. The maximum atomic E-state index is 13.3. The molecule has 1 saturated heterocycles. The molecular weight excluding hydrogens is 501 g/mol. The van der Waals surface area contributed by atoms with Gasteiger partial charge in [0.1, 0.15) is 12.6 Å². The first-order chi connectivity index (χ1) is 17.6. The summed E-state index contributed by atoms with van der Waals surface area (Å²) in [6.07, 6.45) is 0.0418. The minimum atomic E-state index is -4.03. The normalized spacial score (nSPS) is 18.1. The van der Waals surface area contributed by atoms with E-state index in [1.807, 2.05) is 44.2 Å². The fourth-order valence-corrected chi connectivity index (χ4v) is 5.83. The molecule has 1 aromatic carbocycles. The predicted molar refractivity (Wildman–Crippen MR) is 138 cm³/mol. The second kappa shape index (κ2) is 15.1. The van der Waals surface area contributed by atoms with E-state index in [0.717, 1.165) is 5.56 Å². The van der Waals surface area contributed by atoms with Crippen LogP contribution >= 0.6 is 7.60 Å². The van der Waals surface area contributed by atoms with Crippen LogP contribution in [-0.4, -0.2) is 60.7 Å². The van der Waals surface area contributed by atoms with Crippen molar-refractivity contribution >= 4 is 25.5 Å². The van der Waals surface area contributed by atoms with Crippen LogP contribution in [0.2, 0.25) is 0 Å². The van der Waals surface area contributed by atoms with Crippen molar-refractivity contribution in [2.75, 3.05) is 19.8 Å². The number of amides is 3. The third-order valence-electron chi connectivity index (χ3n) is 5.86. The zero-order chi connectivity index (χ0) is 27.4. The average Bonchev–Trinajstić information content (AvgIpc) is 3.26. The first kappa shape index (κ1) is 30.8. The minimum absolute atomic E-state index is 0.0176. The molecule has 208 valence electrons. The number of ether oxygens (including phenoxy) is 1. The zero-order valence-electron chi connectivity index (χ0n) is 22.0. The molecule has 0 saturated carbocycles. The number of alkyl carbamates (subject to hydrolysis) is 1. The van der Waals surface area contributed by atoms with E-state index in [1.165, 1.54) is 0 Å². The largest absolute Gasteiger partial charge is 0.445 e. The fraction of sp³-hybridized carbons (Fsp3) is 0.640. The summed E-state index contributed by atoms with van der Waals surface area (Å²) in [5.41, 5.74) is 0.795. The van der Waals surface area contributed by atoms with Gasteiger partial charge in [0.2, 0.25) is 11.8 Å². The Bertz CT molecular complexity index is 920. The smallest absolute Gasteiger partial charge is 0.408 e. The van der Waals surface area contributed by atoms with Crippen LogP contribution in [0.1, 0.15) is 52.5 Å². The summed E-state index contributed by atoms with van der Waals surface area (Å²) in [5, 5.41) is 19.1. The number of rotatable bonds is 15. The molecule has 1 aromatic rings. The fourth-order valence-electron chi connectivity index (χ4n) is 4.10. The van der Waals surface area contributed by atoms with E-state index in [2.05, 4.69) is 16.0 Å². The van der Waals surface area contributed by atoms with E-state index in [4.69, 9.17) is 13.8 Å². The Hall–Kier alpha value is -2.46. The lowest BCUT2D eigenvalue weighted by Crippen LogP contribution is -2.53. The first-order valence-electron chi connectivity index (χ1n) is 12.7. The minimum Gasteiger partial charge on any atom is -0.445 e. The van der Waals surface area contributed by atoms with Gasteiger partial charge in [-0.1, -0.05) is 44.2 Å². The molecule has 1 aliphatic rings. The molecule has 37 heavy (non-hydrogen) atoms. The average molecular weight is 542 g/mol. The van der Waals surface area contributed by atoms with Crippen molar-refractivity contribution in [3.8, 4) is 0 Å². The van der Waals surface area contributed by atoms with Gasteiger partial charge in [0.25, 0.3) is 0 Å². The van der Waals surface area contributed by atoms with Gasteiger partial charge >= 0.3 is 13.7 Å². The molecule has 4 atom stereocenters. The van der Waals surface area contributed by atoms with Gasteiger partial charge in [0.05, 0.1) is 19.3 Å². The Balaban J connectivity index is 2.18. The summed E-state index contributed by atoms with van der Waals surface area (Å²) in [5.74, 6) is -2.99. The highest BCUT2D eigenvalue weighted by molar-refractivity contribution is 7.54. The molecule has 0 radical (unpaired) electrons. The molecule has 2 rings (SSSR count). The van der Waals surface area contributed by atoms with E-state index in [1.54, 1.807) is 13.8 Å². The van der Waals surface area contributed by atoms with Gasteiger partial charge in [-0.15, -0.1) is 0 Å². The summed E-state index contributed by atoms with van der Waals surface area (Å²) in [7, 11) is -4.03. The lowest BCUT2D eigenvalue weighted by molar-refractivity contribution is -0.126. The standard InChI is InChI=1S/C25H40N3O8P/c1-5-35-37(33,36-6-2)24(31)21(15-19-12-13-26-22(19)29)27-23(30)20(14-17(3)4)28-25(32)34-16-18-10-8-7-9-11-18/h7-11,17,19-21,24,31H,5-6,12-16H2,1-4H3,(H,26,29)(H,27,30)(H,28,32)/t19?,20-,21-,24?/m0/s1. The van der Waals surface area contributed by atoms with E-state index in [0.29, 0.717) is 13.0 Å². The highest BCUT2D eigenvalue weighted by Gasteiger charge is 2.43. The van der Waals surface area contributed by atoms with E-state index in [9.17, 15) is 24.1 Å². The Morgan fingerprint density at radius 3 is 2.32 bits per heavy atom. The molecule has 0 aromatic heterocycles. The van der Waals surface area contributed by atoms with Crippen LogP contribution in [0, 0.1) is 11.8 Å². The van der Waals surface area contributed by atoms with Gasteiger partial charge in [-0.3, -0.25) is 14.2 Å². The van der Waals surface area contributed by atoms with Gasteiger partial charge in [-0.25, -0.2) is 4.79 Å². The van der Waals surface area contributed by atoms with Gasteiger partial charge in [0, 0.05) is 12.5 Å². The van der Waals surface area contributed by atoms with E-state index >= 15 is 0 Å². The van der Waals surface area contributed by atoms with Crippen LogP contribution < -0.4 is 16.0 Å². The number of hydrogen-bond donors (Lipinski definition) is 4. The molecule has 12 heteroatoms. The lowest BCUT2D eigenvalue weighted by atomic mass is 9.97. The predicted octanol–water partition coefficient (Wildman–Crippen LogP) is 2.92. The number of carbonyl (C=O) groups excluding carboxylic acids is 3. The second-order valence-electron chi connectivity index (χ2n) is 9.30. The Kier molecular flexibility index (Phi) is 12.5. The second-order valence-corrected chi connectivity index (χ2v) is 11.4. The summed E-state index contributed by atoms with van der Waals surface area (Å²) < 4.78 is 29.1. The number of carbonyl (C=O) groups is 3. The van der Waals surface area contributed by atoms with Crippen LogP contribution in [0.25, 0.3) is 0 Å². The molecule has 3 amide bonds. The SMILES string of the molecule is CCOP(=O)(OCC)C(O)[C@H](CC1CCNC1=O)NC(=O)[C@H](CC(C)C)NC(=O)OCc1ccccc1. The highest BCUT2D eigenvalue weighted by atomic mass is 31.2. The van der Waals surface area contributed by atoms with Crippen molar-refractivity contribution in [3.63, 3.8) is 0 Å². The lowest BCUT2D eigenvalue weighted by Gasteiger charge is -2.32. The number of hydrogen-bond acceptors (Lipinski definition) is 8. The summed E-state index contributed by atoms with van der Waals surface area (Å²) in [4.78, 5) is 38.0. The number of nitrogens with one attached hydrogen (secondary N) is 3. The number of aliphatic hydroxyl groups is 1. The molecule has 0 bridgehead atoms. The van der Waals surface area contributed by atoms with Gasteiger partial charge in [-0.2, -0.15) is 0 Å². The summed E-state index contributed by atoms with van der Waals surface area (Å²) >= 11 is 0. The van der Waals surface area contributed by atoms with Crippen molar-refractivity contribution in [1.82, 2.24) is 16.0 Å². The quantitative estimate of drug-likeness (QED) is 0.247. The third-order valence-corrected chi connectivity index (χ3v) is 8.10. The summed E-state index contributed by atoms with van der Waals surface area (Å²) in [6.45, 7) is 7.55. The van der Waals surface area contributed by atoms with Crippen molar-refractivity contribution in [2.24, 2.45) is 11.8 Å². The third kappa shape index (κ3) is 9.74. The molecule has 1 fully saturated rings. The maximum absolute atomic E-state index is 13.3. The Labute approximate surface area is 218 Å². The van der Waals surface area contributed by atoms with Gasteiger partial charge in [0.15, 0.2) is 5.85 Å². The topological polar surface area (TPSA) is 152 Å². The molecule has 2 unspecified atom stereocenters. The number of aliphatic hydroxyl groups excluding tert-OH is 1. The molecule has 1 aliphatic heterocycles. The van der Waals surface area contributed by atoms with Crippen molar-refractivity contribution in [2.45, 2.75) is 71.5 Å². The molecule has 11 nitrogen and oxygen atoms in total. The van der Waals surface area contributed by atoms with Crippen LogP contribution in [-0.2, 0) is 34.5 Å². The van der Waals surface area contributed by atoms with E-state index < -0.39 is 43.4 Å². The maximum Gasteiger partial charge on any atom is 0.408 e. The monoisotopic (exact) mass is 541 g/mol. The van der Waals surface area contributed by atoms with Crippen LogP contribution in [0.15, 0.2) is 30.3 Å². The molecule has 0 spiro atoms.